The van der Waals surface area contributed by atoms with E-state index >= 15 is 0 Å². The van der Waals surface area contributed by atoms with Crippen molar-refractivity contribution in [3.05, 3.63) is 29.8 Å². The van der Waals surface area contributed by atoms with Crippen LogP contribution in [0.5, 0.6) is 5.75 Å². The molecule has 0 amide bonds. The fourth-order valence-electron chi connectivity index (χ4n) is 1.02. The lowest BCUT2D eigenvalue weighted by Gasteiger charge is -2.19. The van der Waals surface area contributed by atoms with Crippen LogP contribution in [0.25, 0.3) is 0 Å². The fourth-order valence-corrected chi connectivity index (χ4v) is 1.02. The lowest BCUT2D eigenvalue weighted by atomic mass is 10.0. The van der Waals surface area contributed by atoms with Crippen LogP contribution in [-0.4, -0.2) is 22.1 Å². The highest BCUT2D eigenvalue weighted by molar-refractivity contribution is 5.85. The number of hydrogen-bond donors (Lipinski definition) is 3. The minimum absolute atomic E-state index is 0. The number of nitrogens with two attached hydrogens (primary N) is 1. The van der Waals surface area contributed by atoms with Crippen LogP contribution in [0.1, 0.15) is 11.6 Å². The van der Waals surface area contributed by atoms with Crippen LogP contribution in [0.15, 0.2) is 24.3 Å². The van der Waals surface area contributed by atoms with Crippen LogP contribution in [0, 0.1) is 0 Å². The van der Waals surface area contributed by atoms with Crippen molar-refractivity contribution < 1.29 is 23.8 Å². The maximum Gasteiger partial charge on any atom is 0.376 e. The van der Waals surface area contributed by atoms with Gasteiger partial charge in [-0.3, -0.25) is 0 Å². The number of aliphatic carboxylic acids is 1. The Morgan fingerprint density at radius 2 is 1.75 bits per heavy atom. The van der Waals surface area contributed by atoms with E-state index in [0.717, 1.165) is 24.3 Å². The largest absolute Gasteiger partial charge is 0.508 e. The van der Waals surface area contributed by atoms with E-state index in [1.54, 1.807) is 0 Å². The number of aromatic hydroxyl groups is 1. The number of carboxylic acid groups (broad SMARTS) is 1. The van der Waals surface area contributed by atoms with Gasteiger partial charge in [0.15, 0.2) is 0 Å². The van der Waals surface area contributed by atoms with Gasteiger partial charge in [-0.15, -0.1) is 12.4 Å². The normalized spacial score (nSPS) is 12.7. The standard InChI is InChI=1S/C9H9F2NO3.ClH/c10-9(11,8(14)15)7(12)5-1-3-6(13)4-2-5;/h1-4,7,13H,12H2,(H,14,15);1H/t7-;/m0./s1. The summed E-state index contributed by atoms with van der Waals surface area (Å²) in [6, 6.07) is 2.68. The summed E-state index contributed by atoms with van der Waals surface area (Å²) in [7, 11) is 0. The zero-order valence-corrected chi connectivity index (χ0v) is 8.75. The van der Waals surface area contributed by atoms with Crippen molar-refractivity contribution in [1.82, 2.24) is 0 Å². The zero-order valence-electron chi connectivity index (χ0n) is 7.93. The van der Waals surface area contributed by atoms with Gasteiger partial charge in [0.05, 0.1) is 0 Å². The molecule has 1 aromatic carbocycles. The highest BCUT2D eigenvalue weighted by atomic mass is 35.5. The van der Waals surface area contributed by atoms with Crippen molar-refractivity contribution in [2.24, 2.45) is 5.73 Å². The van der Waals surface area contributed by atoms with Crippen molar-refractivity contribution in [3.63, 3.8) is 0 Å². The third-order valence-electron chi connectivity index (χ3n) is 1.93. The molecule has 0 aliphatic carbocycles. The van der Waals surface area contributed by atoms with Crippen molar-refractivity contribution in [1.29, 1.82) is 0 Å². The van der Waals surface area contributed by atoms with Gasteiger partial charge < -0.3 is 15.9 Å². The zero-order chi connectivity index (χ0) is 11.6. The Morgan fingerprint density at radius 1 is 1.31 bits per heavy atom. The average molecular weight is 254 g/mol. The molecule has 4 N–H and O–H groups in total. The van der Waals surface area contributed by atoms with Crippen LogP contribution in [-0.2, 0) is 4.79 Å². The molecule has 0 aromatic heterocycles. The first kappa shape index (κ1) is 14.6. The van der Waals surface area contributed by atoms with E-state index in [1.165, 1.54) is 0 Å². The molecule has 0 aliphatic rings. The first-order valence-corrected chi connectivity index (χ1v) is 4.01. The topological polar surface area (TPSA) is 83.5 Å². The molecule has 90 valence electrons. The molecule has 7 heteroatoms. The molecule has 0 saturated heterocycles. The van der Waals surface area contributed by atoms with Crippen LogP contribution in [0.2, 0.25) is 0 Å². The smallest absolute Gasteiger partial charge is 0.376 e. The van der Waals surface area contributed by atoms with Crippen molar-refractivity contribution in [2.75, 3.05) is 0 Å². The number of hydrogen-bond acceptors (Lipinski definition) is 3. The molecule has 0 unspecified atom stereocenters. The van der Waals surface area contributed by atoms with Gasteiger partial charge in [0.2, 0.25) is 0 Å². The van der Waals surface area contributed by atoms with Gasteiger partial charge in [-0.1, -0.05) is 12.1 Å². The van der Waals surface area contributed by atoms with Gasteiger partial charge >= 0.3 is 11.9 Å². The van der Waals surface area contributed by atoms with Gasteiger partial charge in [-0.25, -0.2) is 4.79 Å². The highest BCUT2D eigenvalue weighted by Gasteiger charge is 2.46. The highest BCUT2D eigenvalue weighted by Crippen LogP contribution is 2.30. The van der Waals surface area contributed by atoms with E-state index in [1.807, 2.05) is 0 Å². The SMILES string of the molecule is Cl.N[C@@H](c1ccc(O)cc1)C(F)(F)C(=O)O. The molecule has 0 fully saturated rings. The lowest BCUT2D eigenvalue weighted by molar-refractivity contribution is -0.168. The molecule has 0 spiro atoms. The molecule has 0 saturated carbocycles. The molecule has 1 atom stereocenters. The average Bonchev–Trinajstić information content (AvgIpc) is 2.17. The Morgan fingerprint density at radius 3 is 2.12 bits per heavy atom. The van der Waals surface area contributed by atoms with Gasteiger partial charge in [0, 0.05) is 0 Å². The minimum Gasteiger partial charge on any atom is -0.508 e. The molecule has 16 heavy (non-hydrogen) atoms. The Kier molecular flexibility index (Phi) is 4.64. The second-order valence-electron chi connectivity index (χ2n) is 3.00. The fraction of sp³-hybridized carbons (Fsp3) is 0.222. The number of phenols is 1. The van der Waals surface area contributed by atoms with Crippen LogP contribution < -0.4 is 5.73 Å². The van der Waals surface area contributed by atoms with Crippen LogP contribution in [0.4, 0.5) is 8.78 Å². The van der Waals surface area contributed by atoms with Gasteiger partial charge in [-0.2, -0.15) is 8.78 Å². The molecule has 0 heterocycles. The van der Waals surface area contributed by atoms with E-state index in [0.29, 0.717) is 0 Å². The van der Waals surface area contributed by atoms with Gasteiger partial charge in [0.1, 0.15) is 11.8 Å². The summed E-state index contributed by atoms with van der Waals surface area (Å²) >= 11 is 0. The number of rotatable bonds is 3. The van der Waals surface area contributed by atoms with Crippen LogP contribution in [0.3, 0.4) is 0 Å². The van der Waals surface area contributed by atoms with Gasteiger partial charge in [0.25, 0.3) is 0 Å². The Labute approximate surface area is 96.1 Å². The first-order chi connectivity index (χ1) is 6.85. The van der Waals surface area contributed by atoms with Crippen molar-refractivity contribution in [3.8, 4) is 5.75 Å². The predicted octanol–water partition coefficient (Wildman–Crippen LogP) is 1.53. The number of benzene rings is 1. The predicted molar refractivity (Wildman–Crippen MR) is 54.9 cm³/mol. The Hall–Kier alpha value is -1.40. The summed E-state index contributed by atoms with van der Waals surface area (Å²) in [4.78, 5) is 10.2. The lowest BCUT2D eigenvalue weighted by Crippen LogP contribution is -2.40. The van der Waals surface area contributed by atoms with E-state index in [4.69, 9.17) is 15.9 Å². The summed E-state index contributed by atoms with van der Waals surface area (Å²) in [6.45, 7) is 0. The first-order valence-electron chi connectivity index (χ1n) is 4.01. The Balaban J connectivity index is 0.00000225. The maximum absolute atomic E-state index is 12.9. The molecule has 1 aromatic rings. The van der Waals surface area contributed by atoms with E-state index in [9.17, 15) is 13.6 Å². The number of halogens is 3. The van der Waals surface area contributed by atoms with E-state index < -0.39 is 17.9 Å². The second kappa shape index (κ2) is 5.09. The van der Waals surface area contributed by atoms with Crippen molar-refractivity contribution in [2.45, 2.75) is 12.0 Å². The molecular formula is C9H10ClF2NO3. The third kappa shape index (κ3) is 2.80. The summed E-state index contributed by atoms with van der Waals surface area (Å²) in [5.41, 5.74) is 5.06. The Bertz CT molecular complexity index is 370. The molecule has 0 radical (unpaired) electrons. The summed E-state index contributed by atoms with van der Waals surface area (Å²) in [6.07, 6.45) is 0. The summed E-state index contributed by atoms with van der Waals surface area (Å²) < 4.78 is 25.9. The molecule has 1 rings (SSSR count). The molecule has 0 aliphatic heterocycles. The number of carboxylic acids is 1. The third-order valence-corrected chi connectivity index (χ3v) is 1.93. The maximum atomic E-state index is 12.9. The number of phenolic OH excluding ortho intramolecular Hbond substituents is 1. The number of alkyl halides is 2. The monoisotopic (exact) mass is 253 g/mol. The van der Waals surface area contributed by atoms with Gasteiger partial charge in [-0.05, 0) is 17.7 Å². The second-order valence-corrected chi connectivity index (χ2v) is 3.00. The van der Waals surface area contributed by atoms with E-state index in [-0.39, 0.29) is 23.7 Å². The molecule has 4 nitrogen and oxygen atoms in total. The quantitative estimate of drug-likeness (QED) is 0.763. The van der Waals surface area contributed by atoms with Crippen LogP contribution >= 0.6 is 12.4 Å². The minimum atomic E-state index is -4.03. The molecular weight excluding hydrogens is 244 g/mol. The summed E-state index contributed by atoms with van der Waals surface area (Å²) in [5, 5.41) is 17.2. The number of carbonyl (C=O) groups is 1. The molecule has 0 bridgehead atoms. The summed E-state index contributed by atoms with van der Waals surface area (Å²) in [5.74, 6) is -6.41. The van der Waals surface area contributed by atoms with Crippen molar-refractivity contribution >= 4 is 18.4 Å². The van der Waals surface area contributed by atoms with E-state index in [2.05, 4.69) is 0 Å².